The van der Waals surface area contributed by atoms with Crippen LogP contribution in [-0.2, 0) is 35.7 Å². The van der Waals surface area contributed by atoms with Crippen LogP contribution in [0.15, 0.2) is 17.6 Å². The average molecular weight is 460 g/mol. The Balaban J connectivity index is 1.30. The van der Waals surface area contributed by atoms with E-state index in [1.54, 1.807) is 6.08 Å². The highest BCUT2D eigenvalue weighted by atomic mass is 32.2. The summed E-state index contributed by atoms with van der Waals surface area (Å²) in [6, 6.07) is 1.60. The van der Waals surface area contributed by atoms with Crippen molar-refractivity contribution >= 4 is 21.7 Å². The molecule has 2 amide bonds. The Morgan fingerprint density at radius 1 is 1.03 bits per heavy atom. The zero-order valence-electron chi connectivity index (χ0n) is 19.4. The van der Waals surface area contributed by atoms with Gasteiger partial charge in [0.2, 0.25) is 0 Å². The monoisotopic (exact) mass is 459 g/mol. The van der Waals surface area contributed by atoms with Crippen LogP contribution in [0.25, 0.3) is 0 Å². The lowest BCUT2D eigenvalue weighted by atomic mass is 9.78. The van der Waals surface area contributed by atoms with Gasteiger partial charge in [0.1, 0.15) is 0 Å². The van der Waals surface area contributed by atoms with E-state index in [-0.39, 0.29) is 5.41 Å². The molecule has 4 rings (SSSR count). The third-order valence-corrected chi connectivity index (χ3v) is 8.55. The van der Waals surface area contributed by atoms with E-state index in [4.69, 9.17) is 0 Å². The van der Waals surface area contributed by atoms with Crippen molar-refractivity contribution in [3.8, 4) is 0 Å². The molecule has 0 unspecified atom stereocenters. The number of benzene rings is 1. The highest BCUT2D eigenvalue weighted by Crippen LogP contribution is 2.39. The van der Waals surface area contributed by atoms with E-state index < -0.39 is 16.1 Å². The second-order valence-corrected chi connectivity index (χ2v) is 11.9. The topological polar surface area (TPSA) is 87.3 Å². The molecule has 0 aromatic heterocycles. The summed E-state index contributed by atoms with van der Waals surface area (Å²) in [5.74, 6) is 0.731. The number of amides is 2. The van der Waals surface area contributed by atoms with Gasteiger partial charge in [-0.1, -0.05) is 38.8 Å². The number of nitrogens with one attached hydrogen (secondary N) is 3. The van der Waals surface area contributed by atoms with Crippen LogP contribution in [0, 0.1) is 11.3 Å². The smallest absolute Gasteiger partial charge is 0.313 e. The Bertz CT molecular complexity index is 960. The Morgan fingerprint density at radius 3 is 2.28 bits per heavy atom. The van der Waals surface area contributed by atoms with Crippen LogP contribution in [-0.4, -0.2) is 27.5 Å². The van der Waals surface area contributed by atoms with E-state index in [2.05, 4.69) is 35.3 Å². The molecule has 0 saturated heterocycles. The van der Waals surface area contributed by atoms with Gasteiger partial charge in [-0.2, -0.15) is 0 Å². The van der Waals surface area contributed by atoms with Crippen LogP contribution in [0.2, 0.25) is 0 Å². The van der Waals surface area contributed by atoms with E-state index in [1.807, 2.05) is 0 Å². The highest BCUT2D eigenvalue weighted by Gasteiger charge is 2.31. The van der Waals surface area contributed by atoms with Crippen LogP contribution in [0.3, 0.4) is 0 Å². The first kappa shape index (κ1) is 23.3. The second-order valence-electron chi connectivity index (χ2n) is 10.3. The van der Waals surface area contributed by atoms with Crippen molar-refractivity contribution in [3.05, 3.63) is 39.8 Å². The molecule has 32 heavy (non-hydrogen) atoms. The number of carbonyl (C=O) groups is 1. The van der Waals surface area contributed by atoms with E-state index in [9.17, 15) is 13.2 Å². The minimum Gasteiger partial charge on any atom is -0.313 e. The van der Waals surface area contributed by atoms with Gasteiger partial charge in [0.15, 0.2) is 0 Å². The number of urea groups is 1. The molecular weight excluding hydrogens is 422 g/mol. The molecule has 0 bridgehead atoms. The molecule has 1 saturated carbocycles. The molecular formula is C25H37N3O3S. The molecule has 0 spiro atoms. The maximum atomic E-state index is 12.5. The minimum atomic E-state index is -3.84. The summed E-state index contributed by atoms with van der Waals surface area (Å²) >= 11 is 0. The predicted molar refractivity (Wildman–Crippen MR) is 129 cm³/mol. The zero-order chi connectivity index (χ0) is 22.8. The van der Waals surface area contributed by atoms with Gasteiger partial charge in [-0.3, -0.25) is 0 Å². The van der Waals surface area contributed by atoms with Gasteiger partial charge in [-0.05, 0) is 85.0 Å². The molecule has 1 aromatic rings. The summed E-state index contributed by atoms with van der Waals surface area (Å²) < 4.78 is 26.9. The molecule has 1 aromatic carbocycles. The molecule has 6 nitrogen and oxygen atoms in total. The third-order valence-electron chi connectivity index (χ3n) is 7.53. The van der Waals surface area contributed by atoms with Crippen molar-refractivity contribution in [2.24, 2.45) is 11.3 Å². The molecule has 0 aliphatic heterocycles. The first-order chi connectivity index (χ1) is 15.3. The lowest BCUT2D eigenvalue weighted by molar-refractivity contribution is 0.211. The Morgan fingerprint density at radius 2 is 1.66 bits per heavy atom. The van der Waals surface area contributed by atoms with Gasteiger partial charge in [0, 0.05) is 24.2 Å². The molecule has 176 valence electrons. The van der Waals surface area contributed by atoms with Crippen molar-refractivity contribution in [1.82, 2.24) is 10.0 Å². The number of hydrogen-bond acceptors (Lipinski definition) is 4. The van der Waals surface area contributed by atoms with E-state index in [1.165, 1.54) is 47.9 Å². The molecule has 0 radical (unpaired) electrons. The third kappa shape index (κ3) is 5.37. The minimum absolute atomic E-state index is 0.206. The van der Waals surface area contributed by atoms with Crippen molar-refractivity contribution in [2.45, 2.75) is 78.1 Å². The summed E-state index contributed by atoms with van der Waals surface area (Å²) in [7, 11) is -3.84. The van der Waals surface area contributed by atoms with Crippen LogP contribution in [0.1, 0.15) is 74.6 Å². The molecule has 0 atom stereocenters. The maximum absolute atomic E-state index is 12.5. The van der Waals surface area contributed by atoms with Gasteiger partial charge in [0.25, 0.3) is 10.0 Å². The Kier molecular flexibility index (Phi) is 6.96. The van der Waals surface area contributed by atoms with Gasteiger partial charge in [-0.25, -0.2) is 17.9 Å². The second kappa shape index (κ2) is 9.56. The largest absolute Gasteiger partial charge is 0.333 e. The maximum Gasteiger partial charge on any atom is 0.333 e. The number of sulfonamides is 1. The van der Waals surface area contributed by atoms with Crippen molar-refractivity contribution in [1.29, 1.82) is 0 Å². The van der Waals surface area contributed by atoms with E-state index >= 15 is 0 Å². The molecule has 3 aliphatic carbocycles. The summed E-state index contributed by atoms with van der Waals surface area (Å²) in [5, 5.41) is 7.30. The number of anilines is 1. The van der Waals surface area contributed by atoms with Gasteiger partial charge < -0.3 is 10.6 Å². The van der Waals surface area contributed by atoms with Crippen molar-refractivity contribution < 1.29 is 13.2 Å². The normalized spacial score (nSPS) is 18.8. The molecule has 1 fully saturated rings. The predicted octanol–water partition coefficient (Wildman–Crippen LogP) is 4.44. The van der Waals surface area contributed by atoms with Gasteiger partial charge in [0.05, 0.1) is 0 Å². The first-order valence-corrected chi connectivity index (χ1v) is 13.7. The molecule has 3 aliphatic rings. The SMILES string of the molecule is CC(C)(CNC/C=C/S(=O)(=O)NC(=O)Nc1c2c(cc3c1CCC3)CCC2)C1CCCC1. The van der Waals surface area contributed by atoms with E-state index in [0.717, 1.165) is 62.1 Å². The van der Waals surface area contributed by atoms with Crippen molar-refractivity contribution in [3.63, 3.8) is 0 Å². The number of hydrogen-bond donors (Lipinski definition) is 3. The van der Waals surface area contributed by atoms with Crippen molar-refractivity contribution in [2.75, 3.05) is 18.4 Å². The fourth-order valence-electron chi connectivity index (χ4n) is 5.77. The molecule has 3 N–H and O–H groups in total. The summed E-state index contributed by atoms with van der Waals surface area (Å²) in [5.41, 5.74) is 6.02. The van der Waals surface area contributed by atoms with Crippen LogP contribution in [0.5, 0.6) is 0 Å². The van der Waals surface area contributed by atoms with Crippen LogP contribution in [0.4, 0.5) is 10.5 Å². The summed E-state index contributed by atoms with van der Waals surface area (Å²) in [6.45, 7) is 5.86. The van der Waals surface area contributed by atoms with Crippen LogP contribution >= 0.6 is 0 Å². The van der Waals surface area contributed by atoms with E-state index in [0.29, 0.717) is 6.54 Å². The lowest BCUT2D eigenvalue weighted by Crippen LogP contribution is -2.35. The number of fused-ring (bicyclic) bond motifs is 2. The average Bonchev–Trinajstić information content (AvgIpc) is 3.48. The molecule has 0 heterocycles. The number of rotatable bonds is 8. The standard InChI is InChI=1S/C25H37N3O3S/c1-25(2,20-10-3-4-11-20)17-26-14-7-15-32(30,31)28-24(29)27-23-21-12-5-8-18(21)16-19-9-6-13-22(19)23/h7,15-16,20,26H,3-6,8-14,17H2,1-2H3,(H2,27,28,29)/b15-7+. The number of aryl methyl sites for hydroxylation is 2. The Hall–Kier alpha value is -1.86. The lowest BCUT2D eigenvalue weighted by Gasteiger charge is -2.31. The first-order valence-electron chi connectivity index (χ1n) is 12.1. The fraction of sp³-hybridized carbons (Fsp3) is 0.640. The van der Waals surface area contributed by atoms with Gasteiger partial charge in [-0.15, -0.1) is 0 Å². The molecule has 7 heteroatoms. The van der Waals surface area contributed by atoms with Crippen LogP contribution < -0.4 is 15.4 Å². The highest BCUT2D eigenvalue weighted by molar-refractivity contribution is 7.92. The quantitative estimate of drug-likeness (QED) is 0.502. The summed E-state index contributed by atoms with van der Waals surface area (Å²) in [6.07, 6.45) is 12.9. The van der Waals surface area contributed by atoms with Gasteiger partial charge >= 0.3 is 6.03 Å². The fourth-order valence-corrected chi connectivity index (χ4v) is 6.50. The summed E-state index contributed by atoms with van der Waals surface area (Å²) in [4.78, 5) is 12.5. The Labute approximate surface area is 192 Å². The zero-order valence-corrected chi connectivity index (χ0v) is 20.2. The number of carbonyl (C=O) groups excluding carboxylic acids is 1.